The zero-order chi connectivity index (χ0) is 24.1. The minimum atomic E-state index is -0.543. The Morgan fingerprint density at radius 1 is 0.912 bits per heavy atom. The molecule has 3 aromatic carbocycles. The molecule has 0 saturated heterocycles. The lowest BCUT2D eigenvalue weighted by Crippen LogP contribution is -2.15. The van der Waals surface area contributed by atoms with Gasteiger partial charge in [-0.1, -0.05) is 12.1 Å². The molecule has 4 rings (SSSR count). The normalized spacial score (nSPS) is 10.6. The fraction of sp³-hybridized carbons (Fsp3) is 0.120. The molecule has 34 heavy (non-hydrogen) atoms. The highest BCUT2D eigenvalue weighted by molar-refractivity contribution is 6.05. The summed E-state index contributed by atoms with van der Waals surface area (Å²) in [5, 5.41) is 7.12. The molecule has 0 aliphatic carbocycles. The van der Waals surface area contributed by atoms with Gasteiger partial charge in [-0.25, -0.2) is 13.5 Å². The molecule has 1 aromatic heterocycles. The van der Waals surface area contributed by atoms with Crippen LogP contribution >= 0.6 is 0 Å². The zero-order valence-corrected chi connectivity index (χ0v) is 18.4. The van der Waals surface area contributed by atoms with Crippen LogP contribution in [0.5, 0.6) is 17.2 Å². The molecule has 0 spiro atoms. The number of aromatic nitrogens is 2. The summed E-state index contributed by atoms with van der Waals surface area (Å²) < 4.78 is 44.3. The summed E-state index contributed by atoms with van der Waals surface area (Å²) in [6.07, 6.45) is 1.52. The Kier molecular flexibility index (Phi) is 6.72. The number of amides is 1. The first-order valence-electron chi connectivity index (χ1n) is 10.2. The average Bonchev–Trinajstić information content (AvgIpc) is 3.29. The first-order valence-corrected chi connectivity index (χ1v) is 10.2. The van der Waals surface area contributed by atoms with Crippen molar-refractivity contribution >= 4 is 11.6 Å². The number of nitrogens with one attached hydrogen (secondary N) is 1. The largest absolute Gasteiger partial charge is 0.497 e. The van der Waals surface area contributed by atoms with Gasteiger partial charge in [0.25, 0.3) is 5.91 Å². The fourth-order valence-electron chi connectivity index (χ4n) is 3.17. The first kappa shape index (κ1) is 22.8. The maximum absolute atomic E-state index is 13.4. The molecule has 0 fully saturated rings. The number of ether oxygens (including phenoxy) is 3. The Bertz CT molecular complexity index is 1290. The molecule has 0 aliphatic heterocycles. The third-order valence-corrected chi connectivity index (χ3v) is 4.95. The summed E-state index contributed by atoms with van der Waals surface area (Å²) >= 11 is 0. The van der Waals surface area contributed by atoms with Crippen LogP contribution in [0.25, 0.3) is 5.69 Å². The topological polar surface area (TPSA) is 74.6 Å². The molecule has 174 valence electrons. The monoisotopic (exact) mass is 465 g/mol. The molecular formula is C25H21F2N3O4. The van der Waals surface area contributed by atoms with Crippen LogP contribution in [0.3, 0.4) is 0 Å². The van der Waals surface area contributed by atoms with Crippen LogP contribution in [0.2, 0.25) is 0 Å². The standard InChI is InChI=1S/C25H21F2N3O4/c1-32-20-11-12-21(22(13-20)33-2)28-25(31)24-23(34-15-16-3-5-17(26)6-4-16)14-30(29-24)19-9-7-18(27)8-10-19/h3-14H,15H2,1-2H3,(H,28,31). The van der Waals surface area contributed by atoms with Crippen molar-refractivity contribution in [2.24, 2.45) is 0 Å². The molecule has 1 heterocycles. The Morgan fingerprint density at radius 2 is 1.59 bits per heavy atom. The highest BCUT2D eigenvalue weighted by Gasteiger charge is 2.21. The van der Waals surface area contributed by atoms with E-state index >= 15 is 0 Å². The van der Waals surface area contributed by atoms with E-state index in [0.29, 0.717) is 28.4 Å². The van der Waals surface area contributed by atoms with E-state index in [-0.39, 0.29) is 23.9 Å². The van der Waals surface area contributed by atoms with Crippen molar-refractivity contribution in [2.75, 3.05) is 19.5 Å². The van der Waals surface area contributed by atoms with Gasteiger partial charge in [0.05, 0.1) is 31.8 Å². The Morgan fingerprint density at radius 3 is 2.24 bits per heavy atom. The van der Waals surface area contributed by atoms with E-state index < -0.39 is 11.7 Å². The van der Waals surface area contributed by atoms with Crippen LogP contribution in [0, 0.1) is 11.6 Å². The van der Waals surface area contributed by atoms with Gasteiger partial charge in [0.15, 0.2) is 11.4 Å². The van der Waals surface area contributed by atoms with Gasteiger partial charge >= 0.3 is 0 Å². The Labute approximate surface area is 194 Å². The van der Waals surface area contributed by atoms with Crippen molar-refractivity contribution in [2.45, 2.75) is 6.61 Å². The van der Waals surface area contributed by atoms with Crippen LogP contribution in [-0.4, -0.2) is 29.9 Å². The molecule has 0 aliphatic rings. The van der Waals surface area contributed by atoms with Gasteiger partial charge < -0.3 is 19.5 Å². The molecule has 1 amide bonds. The van der Waals surface area contributed by atoms with Gasteiger partial charge in [0, 0.05) is 6.07 Å². The maximum Gasteiger partial charge on any atom is 0.280 e. The maximum atomic E-state index is 13.4. The molecule has 0 atom stereocenters. The molecule has 1 N–H and O–H groups in total. The summed E-state index contributed by atoms with van der Waals surface area (Å²) in [7, 11) is 3.00. The molecular weight excluding hydrogens is 444 g/mol. The van der Waals surface area contributed by atoms with E-state index in [2.05, 4.69) is 10.4 Å². The number of halogens is 2. The number of nitrogens with zero attached hydrogens (tertiary/aromatic N) is 2. The van der Waals surface area contributed by atoms with Gasteiger partial charge in [-0.2, -0.15) is 5.10 Å². The summed E-state index contributed by atoms with van der Waals surface area (Å²) in [6, 6.07) is 16.4. The van der Waals surface area contributed by atoms with Crippen molar-refractivity contribution in [3.05, 3.63) is 95.8 Å². The highest BCUT2D eigenvalue weighted by Crippen LogP contribution is 2.30. The van der Waals surface area contributed by atoms with E-state index in [4.69, 9.17) is 14.2 Å². The van der Waals surface area contributed by atoms with Gasteiger partial charge in [-0.05, 0) is 54.1 Å². The Balaban J connectivity index is 1.64. The quantitative estimate of drug-likeness (QED) is 0.397. The number of carbonyl (C=O) groups excluding carboxylic acids is 1. The number of benzene rings is 3. The van der Waals surface area contributed by atoms with E-state index in [1.807, 2.05) is 0 Å². The molecule has 0 radical (unpaired) electrons. The van der Waals surface area contributed by atoms with Crippen LogP contribution in [0.1, 0.15) is 16.1 Å². The van der Waals surface area contributed by atoms with Crippen LogP contribution < -0.4 is 19.5 Å². The Hall–Kier alpha value is -4.40. The van der Waals surface area contributed by atoms with Crippen molar-refractivity contribution in [1.82, 2.24) is 9.78 Å². The first-order chi connectivity index (χ1) is 16.5. The molecule has 4 aromatic rings. The molecule has 0 unspecified atom stereocenters. The second-order valence-electron chi connectivity index (χ2n) is 7.20. The van der Waals surface area contributed by atoms with Gasteiger partial charge in [0.2, 0.25) is 0 Å². The third-order valence-electron chi connectivity index (χ3n) is 4.95. The number of hydrogen-bond acceptors (Lipinski definition) is 5. The zero-order valence-electron chi connectivity index (χ0n) is 18.4. The predicted octanol–water partition coefficient (Wildman–Crippen LogP) is 5.00. The van der Waals surface area contributed by atoms with E-state index in [1.54, 1.807) is 30.3 Å². The lowest BCUT2D eigenvalue weighted by Gasteiger charge is -2.11. The second-order valence-corrected chi connectivity index (χ2v) is 7.20. The fourth-order valence-corrected chi connectivity index (χ4v) is 3.17. The van der Waals surface area contributed by atoms with Crippen LogP contribution in [0.4, 0.5) is 14.5 Å². The van der Waals surface area contributed by atoms with Crippen molar-refractivity contribution in [1.29, 1.82) is 0 Å². The van der Waals surface area contributed by atoms with Crippen molar-refractivity contribution < 1.29 is 27.8 Å². The minimum Gasteiger partial charge on any atom is -0.497 e. The third kappa shape index (κ3) is 5.15. The van der Waals surface area contributed by atoms with Crippen molar-refractivity contribution in [3.8, 4) is 22.9 Å². The second kappa shape index (κ2) is 10.0. The van der Waals surface area contributed by atoms with Gasteiger partial charge in [0.1, 0.15) is 29.7 Å². The van der Waals surface area contributed by atoms with E-state index in [0.717, 1.165) is 0 Å². The summed E-state index contributed by atoms with van der Waals surface area (Å²) in [5.41, 5.74) is 1.66. The molecule has 9 heteroatoms. The van der Waals surface area contributed by atoms with Gasteiger partial charge in [-0.3, -0.25) is 4.79 Å². The van der Waals surface area contributed by atoms with Crippen molar-refractivity contribution in [3.63, 3.8) is 0 Å². The van der Waals surface area contributed by atoms with E-state index in [1.165, 1.54) is 61.5 Å². The summed E-state index contributed by atoms with van der Waals surface area (Å²) in [5.74, 6) is -0.134. The lowest BCUT2D eigenvalue weighted by molar-refractivity contribution is 0.101. The predicted molar refractivity (Wildman–Crippen MR) is 122 cm³/mol. The number of rotatable bonds is 8. The number of carbonyl (C=O) groups is 1. The molecule has 0 bridgehead atoms. The van der Waals surface area contributed by atoms with Crippen LogP contribution in [0.15, 0.2) is 72.9 Å². The average molecular weight is 465 g/mol. The number of hydrogen-bond donors (Lipinski definition) is 1. The SMILES string of the molecule is COc1ccc(NC(=O)c2nn(-c3ccc(F)cc3)cc2OCc2ccc(F)cc2)c(OC)c1. The minimum absolute atomic E-state index is 0.00399. The highest BCUT2D eigenvalue weighted by atomic mass is 19.1. The number of methoxy groups -OCH3 is 2. The summed E-state index contributed by atoms with van der Waals surface area (Å²) in [6.45, 7) is 0.0848. The number of anilines is 1. The van der Waals surface area contributed by atoms with E-state index in [9.17, 15) is 13.6 Å². The lowest BCUT2D eigenvalue weighted by atomic mass is 10.2. The molecule has 7 nitrogen and oxygen atoms in total. The molecule has 0 saturated carbocycles. The van der Waals surface area contributed by atoms with Crippen LogP contribution in [-0.2, 0) is 6.61 Å². The van der Waals surface area contributed by atoms with Gasteiger partial charge in [-0.15, -0.1) is 0 Å². The smallest absolute Gasteiger partial charge is 0.280 e. The summed E-state index contributed by atoms with van der Waals surface area (Å²) in [4.78, 5) is 13.1.